The van der Waals surface area contributed by atoms with Gasteiger partial charge in [-0.2, -0.15) is 0 Å². The Morgan fingerprint density at radius 3 is 2.38 bits per heavy atom. The third-order valence-corrected chi connectivity index (χ3v) is 5.94. The van der Waals surface area contributed by atoms with Crippen LogP contribution in [0.25, 0.3) is 0 Å². The van der Waals surface area contributed by atoms with E-state index in [9.17, 15) is 5.11 Å². The van der Waals surface area contributed by atoms with Gasteiger partial charge in [0.1, 0.15) is 5.75 Å². The van der Waals surface area contributed by atoms with Crippen molar-refractivity contribution in [1.29, 1.82) is 0 Å². The van der Waals surface area contributed by atoms with Gasteiger partial charge in [0.05, 0.1) is 12.7 Å². The summed E-state index contributed by atoms with van der Waals surface area (Å²) in [7, 11) is 1.70. The molecule has 0 amide bonds. The number of benzene rings is 1. The maximum Gasteiger partial charge on any atom is 0.118 e. The fraction of sp³-hybridized carbons (Fsp3) is 0.667. The number of rotatable bonds is 4. The lowest BCUT2D eigenvalue weighted by atomic mass is 9.52. The van der Waals surface area contributed by atoms with Gasteiger partial charge in [-0.25, -0.2) is 0 Å². The second kappa shape index (κ2) is 4.99. The van der Waals surface area contributed by atoms with Crippen LogP contribution in [0.2, 0.25) is 0 Å². The molecule has 4 fully saturated rings. The minimum Gasteiger partial charge on any atom is -0.497 e. The average molecular weight is 287 g/mol. The van der Waals surface area contributed by atoms with Crippen molar-refractivity contribution in [2.75, 3.05) is 7.11 Å². The monoisotopic (exact) mass is 287 g/mol. The molecule has 4 saturated carbocycles. The second-order valence-corrected chi connectivity index (χ2v) is 7.45. The fourth-order valence-corrected chi connectivity index (χ4v) is 5.29. The van der Waals surface area contributed by atoms with E-state index in [1.165, 1.54) is 18.4 Å². The summed E-state index contributed by atoms with van der Waals surface area (Å²) in [4.78, 5) is 0. The molecule has 114 valence electrons. The van der Waals surface area contributed by atoms with Crippen molar-refractivity contribution < 1.29 is 9.84 Å². The molecule has 2 atom stereocenters. The quantitative estimate of drug-likeness (QED) is 0.894. The van der Waals surface area contributed by atoms with Gasteiger partial charge in [-0.3, -0.25) is 0 Å². The Labute approximate surface area is 126 Å². The van der Waals surface area contributed by atoms with Crippen LogP contribution in [-0.2, 0) is 6.54 Å². The Bertz CT molecular complexity index is 496. The van der Waals surface area contributed by atoms with Crippen molar-refractivity contribution in [2.24, 2.45) is 17.8 Å². The summed E-state index contributed by atoms with van der Waals surface area (Å²) < 4.78 is 5.20. The van der Waals surface area contributed by atoms with Crippen molar-refractivity contribution >= 4 is 0 Å². The third kappa shape index (κ3) is 2.47. The first-order valence-electron chi connectivity index (χ1n) is 8.24. The molecule has 2 N–H and O–H groups in total. The molecule has 4 aliphatic carbocycles. The van der Waals surface area contributed by atoms with Gasteiger partial charge in [-0.15, -0.1) is 0 Å². The lowest BCUT2D eigenvalue weighted by Gasteiger charge is -2.58. The molecule has 0 saturated heterocycles. The van der Waals surface area contributed by atoms with Gasteiger partial charge in [0.25, 0.3) is 0 Å². The van der Waals surface area contributed by atoms with Crippen LogP contribution in [0.15, 0.2) is 24.3 Å². The predicted molar refractivity (Wildman–Crippen MR) is 82.1 cm³/mol. The second-order valence-electron chi connectivity index (χ2n) is 7.45. The van der Waals surface area contributed by atoms with Gasteiger partial charge in [0.15, 0.2) is 0 Å². The van der Waals surface area contributed by atoms with Crippen molar-refractivity contribution in [2.45, 2.75) is 50.3 Å². The first-order valence-corrected chi connectivity index (χ1v) is 8.24. The smallest absolute Gasteiger partial charge is 0.118 e. The first-order chi connectivity index (χ1) is 10.1. The molecule has 4 bridgehead atoms. The van der Waals surface area contributed by atoms with E-state index in [-0.39, 0.29) is 5.60 Å². The van der Waals surface area contributed by atoms with Crippen LogP contribution in [0, 0.1) is 17.8 Å². The maximum absolute atomic E-state index is 10.6. The van der Waals surface area contributed by atoms with Crippen molar-refractivity contribution in [3.63, 3.8) is 0 Å². The summed E-state index contributed by atoms with van der Waals surface area (Å²) in [5, 5.41) is 14.4. The highest BCUT2D eigenvalue weighted by molar-refractivity contribution is 5.27. The van der Waals surface area contributed by atoms with E-state index in [4.69, 9.17) is 4.74 Å². The van der Waals surface area contributed by atoms with E-state index in [0.717, 1.165) is 37.5 Å². The minimum atomic E-state index is -0.325. The highest BCUT2D eigenvalue weighted by atomic mass is 16.5. The van der Waals surface area contributed by atoms with E-state index >= 15 is 0 Å². The molecule has 3 heteroatoms. The molecule has 0 radical (unpaired) electrons. The molecular weight excluding hydrogens is 262 g/mol. The van der Waals surface area contributed by atoms with E-state index in [1.807, 2.05) is 12.1 Å². The summed E-state index contributed by atoms with van der Waals surface area (Å²) in [6.45, 7) is 0.921. The molecule has 3 nitrogen and oxygen atoms in total. The fourth-order valence-electron chi connectivity index (χ4n) is 5.29. The number of hydrogen-bond acceptors (Lipinski definition) is 3. The highest BCUT2D eigenvalue weighted by Gasteiger charge is 2.54. The molecule has 0 aliphatic heterocycles. The first kappa shape index (κ1) is 13.6. The third-order valence-electron chi connectivity index (χ3n) is 5.94. The molecule has 0 heterocycles. The molecule has 1 aromatic rings. The summed E-state index contributed by atoms with van der Waals surface area (Å²) >= 11 is 0. The van der Waals surface area contributed by atoms with Crippen molar-refractivity contribution in [1.82, 2.24) is 5.32 Å². The number of hydrogen-bond donors (Lipinski definition) is 2. The number of ether oxygens (including phenoxy) is 1. The van der Waals surface area contributed by atoms with Crippen LogP contribution >= 0.6 is 0 Å². The van der Waals surface area contributed by atoms with Gasteiger partial charge in [-0.1, -0.05) is 12.1 Å². The zero-order valence-electron chi connectivity index (χ0n) is 12.7. The molecule has 2 unspecified atom stereocenters. The Balaban J connectivity index is 1.41. The minimum absolute atomic E-state index is 0.325. The van der Waals surface area contributed by atoms with E-state index in [2.05, 4.69) is 17.4 Å². The number of methoxy groups -OCH3 is 1. The molecular formula is C18H25NO2. The molecule has 21 heavy (non-hydrogen) atoms. The Morgan fingerprint density at radius 2 is 1.81 bits per heavy atom. The predicted octanol–water partition coefficient (Wildman–Crippen LogP) is 2.72. The zero-order valence-corrected chi connectivity index (χ0v) is 12.7. The van der Waals surface area contributed by atoms with E-state index in [0.29, 0.717) is 17.9 Å². The van der Waals surface area contributed by atoms with Crippen LogP contribution < -0.4 is 10.1 Å². The lowest BCUT2D eigenvalue weighted by molar-refractivity contribution is -0.138. The summed E-state index contributed by atoms with van der Waals surface area (Å²) in [6, 6.07) is 8.92. The molecule has 1 aromatic carbocycles. The standard InChI is InChI=1S/C18H25NO2/c1-21-16-4-2-12(3-5-16)11-19-17-14-6-13-7-15(17)10-18(20,8-13)9-14/h2-5,13-15,17,19-20H,6-11H2,1H3. The summed E-state index contributed by atoms with van der Waals surface area (Å²) in [6.07, 6.45) is 5.73. The van der Waals surface area contributed by atoms with E-state index in [1.54, 1.807) is 7.11 Å². The van der Waals surface area contributed by atoms with Gasteiger partial charge < -0.3 is 15.2 Å². The Morgan fingerprint density at radius 1 is 1.14 bits per heavy atom. The van der Waals surface area contributed by atoms with Crippen molar-refractivity contribution in [3.8, 4) is 5.75 Å². The van der Waals surface area contributed by atoms with Crippen LogP contribution in [0.1, 0.15) is 37.7 Å². The Hall–Kier alpha value is -1.06. The van der Waals surface area contributed by atoms with Crippen LogP contribution in [-0.4, -0.2) is 23.9 Å². The van der Waals surface area contributed by atoms with Crippen molar-refractivity contribution in [3.05, 3.63) is 29.8 Å². The van der Waals surface area contributed by atoms with Gasteiger partial charge >= 0.3 is 0 Å². The van der Waals surface area contributed by atoms with Crippen LogP contribution in [0.4, 0.5) is 0 Å². The topological polar surface area (TPSA) is 41.5 Å². The van der Waals surface area contributed by atoms with E-state index < -0.39 is 0 Å². The van der Waals surface area contributed by atoms with Gasteiger partial charge in [0.2, 0.25) is 0 Å². The molecule has 0 aromatic heterocycles. The maximum atomic E-state index is 10.6. The van der Waals surface area contributed by atoms with Crippen LogP contribution in [0.5, 0.6) is 5.75 Å². The number of aliphatic hydroxyl groups is 1. The molecule has 5 rings (SSSR count). The highest BCUT2D eigenvalue weighted by Crippen LogP contribution is 2.55. The molecule has 4 aliphatic rings. The Kier molecular flexibility index (Phi) is 3.23. The summed E-state index contributed by atoms with van der Waals surface area (Å²) in [5.41, 5.74) is 0.984. The summed E-state index contributed by atoms with van der Waals surface area (Å²) in [5.74, 6) is 3.06. The van der Waals surface area contributed by atoms with Gasteiger partial charge in [0, 0.05) is 12.6 Å². The largest absolute Gasteiger partial charge is 0.497 e. The lowest BCUT2D eigenvalue weighted by Crippen LogP contribution is -2.60. The van der Waals surface area contributed by atoms with Crippen LogP contribution in [0.3, 0.4) is 0 Å². The van der Waals surface area contributed by atoms with Gasteiger partial charge in [-0.05, 0) is 67.6 Å². The normalized spacial score (nSPS) is 40.5. The SMILES string of the molecule is COc1ccc(CNC2C3CC4CC2CC(O)(C4)C3)cc1. The number of nitrogens with one attached hydrogen (secondary N) is 1. The molecule has 0 spiro atoms. The average Bonchev–Trinajstić information content (AvgIpc) is 2.45. The zero-order chi connectivity index (χ0) is 14.4.